The molecule has 0 aromatic carbocycles. The summed E-state index contributed by atoms with van der Waals surface area (Å²) in [6.07, 6.45) is 9.24. The number of phosphoric acid groups is 3. The number of rotatable bonds is 15. The molecular formula is C35H53FNO16P3. The van der Waals surface area contributed by atoms with Crippen molar-refractivity contribution < 1.29 is 79.8 Å². The molecule has 3 fully saturated rings. The van der Waals surface area contributed by atoms with Crippen molar-refractivity contribution in [3.8, 4) is 0 Å². The van der Waals surface area contributed by atoms with Gasteiger partial charge in [-0.25, -0.2) is 18.1 Å². The van der Waals surface area contributed by atoms with Crippen LogP contribution in [0.1, 0.15) is 85.5 Å². The van der Waals surface area contributed by atoms with Crippen LogP contribution in [-0.4, -0.2) is 92.2 Å². The Labute approximate surface area is 324 Å². The highest BCUT2D eigenvalue weighted by Crippen LogP contribution is 2.71. The van der Waals surface area contributed by atoms with E-state index in [0.29, 0.717) is 12.0 Å². The van der Waals surface area contributed by atoms with Crippen LogP contribution in [0.15, 0.2) is 35.5 Å². The number of alkyl halides is 1. The second-order valence-electron chi connectivity index (χ2n) is 16.1. The van der Waals surface area contributed by atoms with E-state index in [4.69, 9.17) is 4.74 Å². The van der Waals surface area contributed by atoms with Crippen molar-refractivity contribution in [1.82, 2.24) is 5.32 Å². The first-order valence-electron chi connectivity index (χ1n) is 18.7. The number of allylic oxidation sites excluding steroid dienone is 5. The molecule has 0 aromatic rings. The summed E-state index contributed by atoms with van der Waals surface area (Å²) in [5.74, 6) is -4.40. The SMILES string of the molecule is C/C1=C/C(OCC(=O)NCCOP(=O)(O)OP(=O)(O)OP(=O)(O)OCC(=O)[C@@]2(O)[C@H](C)C[C@H]3[C@@H]4CCC5=CC(=O)C=C[C@]5(C)[C@@]4(F)[C@@H](O)C[C@@]32C)CCCCC1. The number of fused-ring (bicyclic) bond motifs is 5. The fourth-order valence-electron chi connectivity index (χ4n) is 9.84. The maximum atomic E-state index is 17.4. The Morgan fingerprint density at radius 1 is 0.964 bits per heavy atom. The molecule has 0 bridgehead atoms. The van der Waals surface area contributed by atoms with Crippen molar-refractivity contribution in [2.45, 2.75) is 109 Å². The summed E-state index contributed by atoms with van der Waals surface area (Å²) in [4.78, 5) is 68.1. The van der Waals surface area contributed by atoms with Crippen LogP contribution in [0.3, 0.4) is 0 Å². The van der Waals surface area contributed by atoms with Gasteiger partial charge in [-0.15, -0.1) is 0 Å². The van der Waals surface area contributed by atoms with Gasteiger partial charge in [0.05, 0.1) is 18.8 Å². The van der Waals surface area contributed by atoms with Crippen LogP contribution in [0.4, 0.5) is 4.39 Å². The number of ether oxygens (including phenoxy) is 1. The lowest BCUT2D eigenvalue weighted by atomic mass is 9.44. The van der Waals surface area contributed by atoms with E-state index in [1.165, 1.54) is 32.1 Å². The summed E-state index contributed by atoms with van der Waals surface area (Å²) in [5.41, 5.74) is -5.66. The Morgan fingerprint density at radius 2 is 1.64 bits per heavy atom. The van der Waals surface area contributed by atoms with Crippen LogP contribution in [0, 0.1) is 28.6 Å². The first-order chi connectivity index (χ1) is 25.9. The second-order valence-corrected chi connectivity index (χ2v) is 20.7. The highest BCUT2D eigenvalue weighted by atomic mass is 31.3. The van der Waals surface area contributed by atoms with Crippen LogP contribution in [0.2, 0.25) is 0 Å². The Morgan fingerprint density at radius 3 is 2.34 bits per heavy atom. The molecule has 56 heavy (non-hydrogen) atoms. The molecule has 3 saturated carbocycles. The number of halogens is 1. The van der Waals surface area contributed by atoms with Gasteiger partial charge < -0.3 is 34.9 Å². The van der Waals surface area contributed by atoms with E-state index in [1.807, 2.05) is 13.0 Å². The van der Waals surface area contributed by atoms with Crippen molar-refractivity contribution in [2.24, 2.45) is 28.6 Å². The minimum absolute atomic E-state index is 0.133. The normalized spacial score (nSPS) is 39.8. The fourth-order valence-corrected chi connectivity index (χ4v) is 13.3. The van der Waals surface area contributed by atoms with Gasteiger partial charge in [0, 0.05) is 23.3 Å². The van der Waals surface area contributed by atoms with E-state index in [0.717, 1.165) is 37.7 Å². The molecular weight excluding hydrogens is 802 g/mol. The molecule has 0 saturated heterocycles. The average Bonchev–Trinajstić information content (AvgIpc) is 3.27. The summed E-state index contributed by atoms with van der Waals surface area (Å²) in [6.45, 7) is 3.95. The first kappa shape index (κ1) is 45.3. The summed E-state index contributed by atoms with van der Waals surface area (Å²) < 4.78 is 77.9. The summed E-state index contributed by atoms with van der Waals surface area (Å²) >= 11 is 0. The number of phosphoric ester groups is 2. The maximum Gasteiger partial charge on any atom is 0.490 e. The topological polar surface area (TPSA) is 262 Å². The van der Waals surface area contributed by atoms with Crippen LogP contribution in [0.25, 0.3) is 0 Å². The molecule has 0 aromatic heterocycles. The van der Waals surface area contributed by atoms with E-state index < -0.39 is 101 Å². The number of hydrogen-bond acceptors (Lipinski definition) is 13. The molecule has 5 aliphatic carbocycles. The molecule has 316 valence electrons. The Bertz CT molecular complexity index is 1810. The molecule has 21 heteroatoms. The van der Waals surface area contributed by atoms with Crippen molar-refractivity contribution in [3.05, 3.63) is 35.5 Å². The molecule has 5 aliphatic rings. The third kappa shape index (κ3) is 9.03. The number of aliphatic hydroxyl groups excluding tert-OH is 1. The molecule has 0 spiro atoms. The van der Waals surface area contributed by atoms with Gasteiger partial charge >= 0.3 is 23.5 Å². The second kappa shape index (κ2) is 16.7. The molecule has 1 amide bonds. The van der Waals surface area contributed by atoms with E-state index >= 15 is 4.39 Å². The van der Waals surface area contributed by atoms with Crippen LogP contribution < -0.4 is 5.32 Å². The summed E-state index contributed by atoms with van der Waals surface area (Å²) in [6, 6.07) is 0. The molecule has 0 heterocycles. The van der Waals surface area contributed by atoms with Crippen LogP contribution >= 0.6 is 23.5 Å². The van der Waals surface area contributed by atoms with Crippen LogP contribution in [0.5, 0.6) is 0 Å². The number of aliphatic hydroxyl groups is 2. The van der Waals surface area contributed by atoms with Crippen molar-refractivity contribution in [2.75, 3.05) is 26.4 Å². The zero-order chi connectivity index (χ0) is 41.5. The number of carbonyl (C=O) groups is 3. The quantitative estimate of drug-likeness (QED) is 0.0742. The smallest absolute Gasteiger partial charge is 0.390 e. The van der Waals surface area contributed by atoms with E-state index in [-0.39, 0.29) is 37.9 Å². The summed E-state index contributed by atoms with van der Waals surface area (Å²) in [7, 11) is -17.1. The zero-order valence-electron chi connectivity index (χ0n) is 31.8. The van der Waals surface area contributed by atoms with E-state index in [2.05, 4.69) is 23.0 Å². The van der Waals surface area contributed by atoms with Gasteiger partial charge in [0.15, 0.2) is 17.2 Å². The highest BCUT2D eigenvalue weighted by molar-refractivity contribution is 7.66. The van der Waals surface area contributed by atoms with Gasteiger partial charge in [0.1, 0.15) is 18.8 Å². The Balaban J connectivity index is 1.13. The molecule has 17 nitrogen and oxygen atoms in total. The Kier molecular flexibility index (Phi) is 13.5. The monoisotopic (exact) mass is 855 g/mol. The zero-order valence-corrected chi connectivity index (χ0v) is 34.5. The van der Waals surface area contributed by atoms with Gasteiger partial charge in [-0.1, -0.05) is 50.0 Å². The minimum Gasteiger partial charge on any atom is -0.390 e. The lowest BCUT2D eigenvalue weighted by molar-refractivity contribution is -0.219. The van der Waals surface area contributed by atoms with Gasteiger partial charge in [-0.05, 0) is 82.8 Å². The van der Waals surface area contributed by atoms with E-state index in [9.17, 15) is 53.0 Å². The predicted molar refractivity (Wildman–Crippen MR) is 196 cm³/mol. The molecule has 0 aliphatic heterocycles. The van der Waals surface area contributed by atoms with E-state index in [1.54, 1.807) is 6.92 Å². The number of hydrogen-bond donors (Lipinski definition) is 6. The molecule has 6 N–H and O–H groups in total. The molecule has 0 radical (unpaired) electrons. The molecule has 4 unspecified atom stereocenters. The van der Waals surface area contributed by atoms with Crippen molar-refractivity contribution in [1.29, 1.82) is 0 Å². The lowest BCUT2D eigenvalue weighted by Crippen LogP contribution is -2.69. The van der Waals surface area contributed by atoms with Crippen molar-refractivity contribution in [3.63, 3.8) is 0 Å². The number of amides is 1. The predicted octanol–water partition coefficient (Wildman–Crippen LogP) is 4.68. The molecule has 5 rings (SSSR count). The van der Waals surface area contributed by atoms with Gasteiger partial charge in [-0.3, -0.25) is 23.4 Å². The fraction of sp³-hybridized carbons (Fsp3) is 0.743. The molecule has 12 atom stereocenters. The number of carbonyl (C=O) groups excluding carboxylic acids is 3. The van der Waals surface area contributed by atoms with Gasteiger partial charge in [0.2, 0.25) is 5.91 Å². The maximum absolute atomic E-state index is 17.4. The van der Waals surface area contributed by atoms with Gasteiger partial charge in [0.25, 0.3) is 0 Å². The number of Topliss-reactive ketones (excluding diaryl/α,β-unsaturated/α-hetero) is 1. The van der Waals surface area contributed by atoms with Gasteiger partial charge in [-0.2, -0.15) is 8.62 Å². The lowest BCUT2D eigenvalue weighted by Gasteiger charge is -2.62. The van der Waals surface area contributed by atoms with Crippen molar-refractivity contribution >= 4 is 40.9 Å². The third-order valence-corrected chi connectivity index (χ3v) is 16.8. The van der Waals surface area contributed by atoms with Crippen LogP contribution in [-0.2, 0) is 50.5 Å². The summed E-state index contributed by atoms with van der Waals surface area (Å²) in [5, 5.41) is 25.9. The standard InChI is InChI=1S/C35H53FNO16P3/c1-22-8-6-5-7-9-26(16-22)49-21-31(41)37-14-15-50-54(43,44)52-56(47,48)53-55(45,46)51-20-30(40)35(42)23(2)17-28-27-11-10-24-18-25(38)12-13-32(24,3)34(27,36)29(39)19-33(28,35)4/h12-13,16,18,23,26-29,39,42H,5-11,14-15,17,19-21H2,1-4H3,(H,37,41)(H,43,44)(H,45,46)(H,47,48)/b22-16-/t23-,26?,27+,28+,29+,32+,33+,34+,35+/m1/s1. The number of nitrogens with one attached hydrogen (secondary N) is 1. The number of ketones is 2. The first-order valence-corrected chi connectivity index (χ1v) is 23.2. The Hall–Kier alpha value is -1.75. The minimum atomic E-state index is -5.92. The largest absolute Gasteiger partial charge is 0.490 e. The average molecular weight is 856 g/mol. The third-order valence-electron chi connectivity index (χ3n) is 12.6. The highest BCUT2D eigenvalue weighted by Gasteiger charge is 2.75.